The second kappa shape index (κ2) is 9.67. The van der Waals surface area contributed by atoms with Crippen LogP contribution in [0, 0.1) is 0 Å². The molecule has 4 atom stereocenters. The quantitative estimate of drug-likeness (QED) is 0.141. The van der Waals surface area contributed by atoms with Gasteiger partial charge in [-0.2, -0.15) is 48.3 Å². The fraction of sp³-hybridized carbons (Fsp3) is 1.00. The Morgan fingerprint density at radius 1 is 0.529 bits per heavy atom. The van der Waals surface area contributed by atoms with Crippen LogP contribution in [0.5, 0.6) is 0 Å². The van der Waals surface area contributed by atoms with Crippen LogP contribution in [0.25, 0.3) is 0 Å². The highest BCUT2D eigenvalue weighted by Crippen LogP contribution is 2.61. The van der Waals surface area contributed by atoms with E-state index in [-0.39, 0.29) is 14.1 Å². The third kappa shape index (κ3) is 5.44. The maximum atomic E-state index is 14.2. The van der Waals surface area contributed by atoms with Crippen LogP contribution in [0.15, 0.2) is 0 Å². The van der Waals surface area contributed by atoms with E-state index in [1.54, 1.807) is 0 Å². The molecular formula is C16H19F17N+. The van der Waals surface area contributed by atoms with Crippen molar-refractivity contribution in [3.05, 3.63) is 0 Å². The van der Waals surface area contributed by atoms with Crippen molar-refractivity contribution >= 4 is 0 Å². The lowest BCUT2D eigenvalue weighted by molar-refractivity contribution is -0.992. The number of hydrogen-bond acceptors (Lipinski definition) is 0. The zero-order valence-corrected chi connectivity index (χ0v) is 17.3. The van der Waals surface area contributed by atoms with Gasteiger partial charge in [0.05, 0.1) is 14.1 Å². The number of quaternary nitrogens is 1. The van der Waals surface area contributed by atoms with Crippen LogP contribution in [-0.4, -0.2) is 85.7 Å². The van der Waals surface area contributed by atoms with Crippen molar-refractivity contribution in [2.24, 2.45) is 0 Å². The topological polar surface area (TPSA) is 0 Å². The first-order valence-corrected chi connectivity index (χ1v) is 8.98. The molecular weight excluding hydrogens is 529 g/mol. The van der Waals surface area contributed by atoms with Gasteiger partial charge in [-0.05, 0) is 19.8 Å². The molecule has 0 aromatic rings. The predicted molar refractivity (Wildman–Crippen MR) is 82.3 cm³/mol. The Morgan fingerprint density at radius 2 is 0.882 bits per heavy atom. The first kappa shape index (κ1) is 32.8. The van der Waals surface area contributed by atoms with Crippen LogP contribution >= 0.6 is 0 Å². The monoisotopic (exact) mass is 548 g/mol. The predicted octanol–water partition coefficient (Wildman–Crippen LogP) is 6.91. The van der Waals surface area contributed by atoms with E-state index in [4.69, 9.17) is 0 Å². The summed E-state index contributed by atoms with van der Waals surface area (Å²) < 4.78 is 222. The van der Waals surface area contributed by atoms with Gasteiger partial charge in [0.1, 0.15) is 25.1 Å². The number of alkyl halides is 17. The Balaban J connectivity index is 6.04. The zero-order chi connectivity index (χ0) is 27.9. The van der Waals surface area contributed by atoms with E-state index in [2.05, 4.69) is 0 Å². The first-order chi connectivity index (χ1) is 14.6. The molecule has 4 unspecified atom stereocenters. The molecule has 0 spiro atoms. The average Bonchev–Trinajstić information content (AvgIpc) is 2.63. The molecule has 0 fully saturated rings. The average molecular weight is 548 g/mol. The lowest BCUT2D eigenvalue weighted by Gasteiger charge is -2.45. The highest BCUT2D eigenvalue weighted by atomic mass is 19.4. The number of hydrogen-bond donors (Lipinski definition) is 0. The van der Waals surface area contributed by atoms with Gasteiger partial charge in [0.2, 0.25) is 0 Å². The van der Waals surface area contributed by atoms with Gasteiger partial charge < -0.3 is 0 Å². The van der Waals surface area contributed by atoms with Crippen LogP contribution in [0.1, 0.15) is 19.8 Å². The normalized spacial score (nSPS) is 19.1. The summed E-state index contributed by atoms with van der Waals surface area (Å²) in [5.41, 5.74) is 0. The van der Waals surface area contributed by atoms with E-state index >= 15 is 0 Å². The number of nitrogens with zero attached hydrogens (tertiary/aromatic N) is 1. The molecule has 34 heavy (non-hydrogen) atoms. The summed E-state index contributed by atoms with van der Waals surface area (Å²) in [5.74, 6) is -31.8. The van der Waals surface area contributed by atoms with E-state index in [1.165, 1.54) is 0 Å². The summed E-state index contributed by atoms with van der Waals surface area (Å²) >= 11 is 0. The van der Waals surface area contributed by atoms with Gasteiger partial charge in [0.25, 0.3) is 0 Å². The van der Waals surface area contributed by atoms with Crippen LogP contribution in [0.2, 0.25) is 0 Å². The first-order valence-electron chi connectivity index (χ1n) is 8.98. The van der Waals surface area contributed by atoms with E-state index < -0.39 is 84.5 Å². The molecule has 0 rings (SSSR count). The highest BCUT2D eigenvalue weighted by Gasteiger charge is 2.93. The van der Waals surface area contributed by atoms with Gasteiger partial charge in [0, 0.05) is 0 Å². The van der Waals surface area contributed by atoms with Gasteiger partial charge in [0.15, 0.2) is 6.17 Å². The van der Waals surface area contributed by atoms with Gasteiger partial charge in [-0.1, -0.05) is 0 Å². The molecule has 0 aliphatic carbocycles. The van der Waals surface area contributed by atoms with Gasteiger partial charge in [-0.25, -0.2) is 17.6 Å². The van der Waals surface area contributed by atoms with Crippen molar-refractivity contribution < 1.29 is 79.1 Å². The summed E-state index contributed by atoms with van der Waals surface area (Å²) in [4.78, 5) is 0. The molecule has 0 aromatic heterocycles. The molecule has 0 N–H and O–H groups in total. The third-order valence-electron chi connectivity index (χ3n) is 4.92. The fourth-order valence-electron chi connectivity index (χ4n) is 2.54. The second-order valence-corrected chi connectivity index (χ2v) is 8.01. The Hall–Kier alpha value is -1.23. The summed E-state index contributed by atoms with van der Waals surface area (Å²) in [7, 11) is -0.518. The van der Waals surface area contributed by atoms with Crippen molar-refractivity contribution in [3.63, 3.8) is 0 Å². The minimum atomic E-state index is -8.12. The summed E-state index contributed by atoms with van der Waals surface area (Å²) in [5, 5.41) is 0. The molecule has 0 saturated heterocycles. The third-order valence-corrected chi connectivity index (χ3v) is 4.92. The molecule has 0 saturated carbocycles. The van der Waals surface area contributed by atoms with Crippen molar-refractivity contribution in [3.8, 4) is 0 Å². The maximum absolute atomic E-state index is 14.2. The minimum absolute atomic E-state index is 0.259. The molecule has 0 amide bonds. The summed E-state index contributed by atoms with van der Waals surface area (Å²) in [6, 6.07) is -6.69. The van der Waals surface area contributed by atoms with Crippen molar-refractivity contribution in [2.45, 2.75) is 80.4 Å². The van der Waals surface area contributed by atoms with Crippen LogP contribution < -0.4 is 0 Å². The largest absolute Gasteiger partial charge is 0.461 e. The highest BCUT2D eigenvalue weighted by molar-refractivity contribution is 5.08. The Bertz CT molecular complexity index is 669. The van der Waals surface area contributed by atoms with Crippen molar-refractivity contribution in [1.82, 2.24) is 0 Å². The fourth-order valence-corrected chi connectivity index (χ4v) is 2.54. The Kier molecular flexibility index (Phi) is 9.32. The molecule has 206 valence electrons. The van der Waals surface area contributed by atoms with Crippen LogP contribution in [-0.2, 0) is 0 Å². The zero-order valence-electron chi connectivity index (χ0n) is 17.3. The molecule has 0 bridgehead atoms. The number of halogens is 17. The van der Waals surface area contributed by atoms with Crippen molar-refractivity contribution in [1.29, 1.82) is 0 Å². The Morgan fingerprint density at radius 3 is 1.24 bits per heavy atom. The summed E-state index contributed by atoms with van der Waals surface area (Å²) in [6.45, 7) is -1.57. The molecule has 1 nitrogen and oxygen atoms in total. The molecule has 0 aliphatic heterocycles. The lowest BCUT2D eigenvalue weighted by atomic mass is 9.95. The van der Waals surface area contributed by atoms with E-state index in [1.807, 2.05) is 0 Å². The van der Waals surface area contributed by atoms with E-state index in [0.29, 0.717) is 6.92 Å². The van der Waals surface area contributed by atoms with Gasteiger partial charge >= 0.3 is 35.9 Å². The van der Waals surface area contributed by atoms with Crippen molar-refractivity contribution in [2.75, 3.05) is 20.6 Å². The molecule has 0 heterocycles. The van der Waals surface area contributed by atoms with E-state index in [0.717, 1.165) is 0 Å². The standard InChI is InChI=1S/C16H19F17N/c1-7(17)8(18)4-5-9(19)10(20)6-34(2,3)16(32,33)14(27,28)12(23,24)11(21,22)13(25,26)15(29,30)31/h7-10H,4-6H2,1-3H3/q+1. The van der Waals surface area contributed by atoms with Gasteiger partial charge in [-0.15, -0.1) is 8.78 Å². The SMILES string of the molecule is CC(F)C(F)CCC(F)C(F)C[N+](C)(C)C(F)(F)C(F)(F)C(F)(F)C(F)(F)C(F)(F)C(F)(F)F. The van der Waals surface area contributed by atoms with Crippen LogP contribution in [0.3, 0.4) is 0 Å². The lowest BCUT2D eigenvalue weighted by Crippen LogP contribution is -2.75. The molecule has 0 radical (unpaired) electrons. The van der Waals surface area contributed by atoms with Crippen LogP contribution in [0.4, 0.5) is 74.6 Å². The van der Waals surface area contributed by atoms with Gasteiger partial charge in [-0.3, -0.25) is 4.48 Å². The smallest absolute Gasteiger partial charge is 0.260 e. The second-order valence-electron chi connectivity index (χ2n) is 8.01. The van der Waals surface area contributed by atoms with E-state index in [9.17, 15) is 74.6 Å². The Labute approximate surface area is 181 Å². The number of rotatable bonds is 12. The minimum Gasteiger partial charge on any atom is -0.260 e. The maximum Gasteiger partial charge on any atom is 0.461 e. The molecule has 0 aliphatic rings. The molecule has 0 aromatic carbocycles. The molecule has 18 heteroatoms. The summed E-state index contributed by atoms with van der Waals surface area (Å²) in [6.07, 6.45) is -20.7.